The minimum absolute atomic E-state index is 0.0963. The van der Waals surface area contributed by atoms with Crippen molar-refractivity contribution in [1.82, 2.24) is 0 Å². The molecule has 6 aromatic carbocycles. The molecule has 0 amide bonds. The van der Waals surface area contributed by atoms with E-state index in [-0.39, 0.29) is 23.3 Å². The van der Waals surface area contributed by atoms with Crippen LogP contribution in [0.15, 0.2) is 97.1 Å². The number of rotatable bonds is 3. The first-order valence-corrected chi connectivity index (χ1v) is 24.3. The zero-order valence-corrected chi connectivity index (χ0v) is 34.2. The van der Waals surface area contributed by atoms with Crippen LogP contribution < -0.4 is 0 Å². The first-order chi connectivity index (χ1) is 25.5. The molecule has 292 valence electrons. The molecule has 0 unspecified atom stereocenters. The Morgan fingerprint density at radius 2 is 0.873 bits per heavy atom. The van der Waals surface area contributed by atoms with Gasteiger partial charge in [0.25, 0.3) is 0 Å². The molecule has 0 saturated heterocycles. The second-order valence-corrected chi connectivity index (χ2v) is 16.8. The van der Waals surface area contributed by atoms with Gasteiger partial charge in [0.05, 0.1) is 22.3 Å². The van der Waals surface area contributed by atoms with Crippen LogP contribution in [0.2, 0.25) is 13.1 Å². The molecule has 2 radical (unpaired) electrons. The van der Waals surface area contributed by atoms with Crippen LogP contribution in [0.25, 0.3) is 43.8 Å². The summed E-state index contributed by atoms with van der Waals surface area (Å²) >= 11 is -0.826. The molecule has 0 nitrogen and oxygen atoms in total. The molecule has 0 heterocycles. The molecule has 0 aliphatic carbocycles. The Balaban J connectivity index is 0.000000259. The molecule has 0 bridgehead atoms. The minimum atomic E-state index is -4.86. The molecule has 0 N–H and O–H groups in total. The van der Waals surface area contributed by atoms with Gasteiger partial charge in [-0.3, -0.25) is 0 Å². The first kappa shape index (κ1) is 46.3. The van der Waals surface area contributed by atoms with Gasteiger partial charge < -0.3 is 0 Å². The SMILES string of the molecule is CCc1cc2c(-c3cc(C(F)(F)F)cc(C(F)(F)F)c3)cccc2[cH-]1.C[Si]C.Cc1cc2c(-c3cc(C(F)(F)F)cc(C(F)(F)F)c3)cccc2[cH-]1.[Cl][Zr+2][Cl]. The second kappa shape index (κ2) is 18.9. The van der Waals surface area contributed by atoms with Crippen LogP contribution in [0.1, 0.15) is 40.3 Å². The predicted molar refractivity (Wildman–Crippen MR) is 193 cm³/mol. The van der Waals surface area contributed by atoms with Gasteiger partial charge in [-0.15, -0.1) is 69.1 Å². The summed E-state index contributed by atoms with van der Waals surface area (Å²) in [6.45, 7) is 8.05. The van der Waals surface area contributed by atoms with Crippen LogP contribution >= 0.6 is 17.0 Å². The molecule has 0 aliphatic heterocycles. The summed E-state index contributed by atoms with van der Waals surface area (Å²) in [5, 5.41) is 2.84. The Labute approximate surface area is 330 Å². The van der Waals surface area contributed by atoms with Gasteiger partial charge in [-0.25, -0.2) is 0 Å². The third kappa shape index (κ3) is 12.5. The Morgan fingerprint density at radius 3 is 1.20 bits per heavy atom. The van der Waals surface area contributed by atoms with Crippen molar-refractivity contribution in [2.24, 2.45) is 0 Å². The van der Waals surface area contributed by atoms with Crippen molar-refractivity contribution in [1.29, 1.82) is 0 Å². The third-order valence-corrected chi connectivity index (χ3v) is 7.91. The molecular weight excluding hydrogens is 887 g/mol. The van der Waals surface area contributed by atoms with Crippen LogP contribution in [0.3, 0.4) is 0 Å². The molecule has 0 aromatic heterocycles. The molecule has 0 aliphatic rings. The van der Waals surface area contributed by atoms with E-state index in [2.05, 4.69) is 13.1 Å². The van der Waals surface area contributed by atoms with Crippen LogP contribution in [0.5, 0.6) is 0 Å². The number of fused-ring (bicyclic) bond motifs is 2. The number of hydrogen-bond acceptors (Lipinski definition) is 0. The molecule has 16 heteroatoms. The third-order valence-electron chi connectivity index (χ3n) is 7.91. The average molecular weight is 917 g/mol. The monoisotopic (exact) mass is 914 g/mol. The summed E-state index contributed by atoms with van der Waals surface area (Å²) in [6.07, 6.45) is -18.7. The van der Waals surface area contributed by atoms with E-state index in [0.717, 1.165) is 62.1 Å². The average Bonchev–Trinajstić information content (AvgIpc) is 3.70. The van der Waals surface area contributed by atoms with Crippen molar-refractivity contribution >= 4 is 48.1 Å². The van der Waals surface area contributed by atoms with Gasteiger partial charge in [0, 0.05) is 9.52 Å². The number of hydrogen-bond donors (Lipinski definition) is 0. The van der Waals surface area contributed by atoms with E-state index in [1.807, 2.05) is 26.0 Å². The molecular formula is C39H30Cl2F12SiZr. The molecule has 6 rings (SSSR count). The maximum absolute atomic E-state index is 13.1. The van der Waals surface area contributed by atoms with Gasteiger partial charge in [0.2, 0.25) is 0 Å². The summed E-state index contributed by atoms with van der Waals surface area (Å²) in [5.41, 5.74) is -2.88. The fourth-order valence-electron chi connectivity index (χ4n) is 5.61. The van der Waals surface area contributed by atoms with E-state index in [1.165, 1.54) is 12.1 Å². The zero-order chi connectivity index (χ0) is 41.5. The van der Waals surface area contributed by atoms with Gasteiger partial charge in [0.1, 0.15) is 0 Å². The van der Waals surface area contributed by atoms with Gasteiger partial charge in [-0.2, -0.15) is 64.8 Å². The van der Waals surface area contributed by atoms with E-state index in [9.17, 15) is 52.7 Å². The standard InChI is InChI=1S/C19H13F6.C18H11F6.C2H6Si.2ClH.Zr/c1-2-11-6-12-4-3-5-16(17(12)7-11)13-8-14(18(20,21)22)10-15(9-13)19(23,24)25;1-10-5-11-3-2-4-15(16(11)6-10)12-7-13(17(19,20)21)9-14(8-12)18(22,23)24;1-3-2;;;/h3-10H,2H2,1H3;2-9H,1H3;1-2H3;2*1H;/q2*-1;;;;+4/p-2. The fraction of sp³-hybridized carbons (Fsp3) is 0.231. The van der Waals surface area contributed by atoms with Crippen molar-refractivity contribution in [3.05, 3.63) is 130 Å². The summed E-state index contributed by atoms with van der Waals surface area (Å²) in [7, 11) is 11.0. The Bertz CT molecular complexity index is 2110. The van der Waals surface area contributed by atoms with Crippen LogP contribution in [0, 0.1) is 6.92 Å². The Kier molecular flexibility index (Phi) is 15.9. The second-order valence-electron chi connectivity index (χ2n) is 12.0. The van der Waals surface area contributed by atoms with Crippen molar-refractivity contribution in [3.63, 3.8) is 0 Å². The van der Waals surface area contributed by atoms with Gasteiger partial charge in [0.15, 0.2) is 0 Å². The van der Waals surface area contributed by atoms with Crippen LogP contribution in [-0.4, -0.2) is 9.52 Å². The summed E-state index contributed by atoms with van der Waals surface area (Å²) < 4.78 is 156. The number of alkyl halides is 12. The summed E-state index contributed by atoms with van der Waals surface area (Å²) in [5.74, 6) is 0. The van der Waals surface area contributed by atoms with E-state index in [0.29, 0.717) is 21.9 Å². The first-order valence-electron chi connectivity index (χ1n) is 16.0. The van der Waals surface area contributed by atoms with E-state index in [4.69, 9.17) is 17.0 Å². The van der Waals surface area contributed by atoms with E-state index in [1.54, 1.807) is 36.4 Å². The number of aryl methyl sites for hydroxylation is 2. The molecule has 0 atom stereocenters. The molecule has 6 aromatic rings. The molecule has 0 saturated carbocycles. The van der Waals surface area contributed by atoms with Gasteiger partial charge in [-0.1, -0.05) is 50.2 Å². The maximum atomic E-state index is 13.1. The predicted octanol–water partition coefficient (Wildman–Crippen LogP) is 15.6. The number of halogens is 14. The van der Waals surface area contributed by atoms with Crippen molar-refractivity contribution in [3.8, 4) is 22.3 Å². The van der Waals surface area contributed by atoms with E-state index >= 15 is 0 Å². The molecule has 55 heavy (non-hydrogen) atoms. The van der Waals surface area contributed by atoms with Crippen molar-refractivity contribution in [2.75, 3.05) is 0 Å². The van der Waals surface area contributed by atoms with Gasteiger partial charge >= 0.3 is 62.6 Å². The quantitative estimate of drug-likeness (QED) is 0.0943. The topological polar surface area (TPSA) is 0 Å². The van der Waals surface area contributed by atoms with Crippen molar-refractivity contribution in [2.45, 2.75) is 58.1 Å². The summed E-state index contributed by atoms with van der Waals surface area (Å²) in [6, 6.07) is 20.5. The normalized spacial score (nSPS) is 11.9. The van der Waals surface area contributed by atoms with Crippen LogP contribution in [-0.2, 0) is 52.0 Å². The van der Waals surface area contributed by atoms with Gasteiger partial charge in [-0.05, 0) is 53.9 Å². The summed E-state index contributed by atoms with van der Waals surface area (Å²) in [4.78, 5) is 0. The molecule has 0 fully saturated rings. The van der Waals surface area contributed by atoms with Crippen LogP contribution in [0.4, 0.5) is 52.7 Å². The Morgan fingerprint density at radius 1 is 0.545 bits per heavy atom. The van der Waals surface area contributed by atoms with Crippen molar-refractivity contribution < 1.29 is 73.5 Å². The number of benzene rings is 4. The molecule has 0 spiro atoms. The fourth-order valence-corrected chi connectivity index (χ4v) is 5.61. The Hall–Kier alpha value is -3.06. The zero-order valence-electron chi connectivity index (χ0n) is 29.2. The van der Waals surface area contributed by atoms with E-state index < -0.39 is 67.8 Å².